The van der Waals surface area contributed by atoms with Crippen LogP contribution in [0.4, 0.5) is 0 Å². The van der Waals surface area contributed by atoms with Gasteiger partial charge in [0.25, 0.3) is 0 Å². The fourth-order valence-electron chi connectivity index (χ4n) is 5.86. The minimum Gasteiger partial charge on any atom is -0.497 e. The van der Waals surface area contributed by atoms with E-state index >= 15 is 0 Å². The van der Waals surface area contributed by atoms with Gasteiger partial charge in [0.1, 0.15) is 23.4 Å². The van der Waals surface area contributed by atoms with E-state index in [9.17, 15) is 19.2 Å². The summed E-state index contributed by atoms with van der Waals surface area (Å²) in [5.41, 5.74) is -0.0637. The third kappa shape index (κ3) is 10.0. The molecular formula is C32H48N4O7. The lowest BCUT2D eigenvalue weighted by molar-refractivity contribution is -0.134. The van der Waals surface area contributed by atoms with Crippen molar-refractivity contribution in [1.29, 1.82) is 0 Å². The lowest BCUT2D eigenvalue weighted by Gasteiger charge is -2.28. The van der Waals surface area contributed by atoms with Crippen LogP contribution in [0.5, 0.6) is 5.75 Å². The minimum absolute atomic E-state index is 0.130. The number of carbonyl (C=O) groups excluding carboxylic acids is 4. The van der Waals surface area contributed by atoms with E-state index in [4.69, 9.17) is 14.2 Å². The number of nitrogens with zero attached hydrogens (tertiary/aromatic N) is 1. The number of morpholine rings is 1. The van der Waals surface area contributed by atoms with Crippen molar-refractivity contribution >= 4 is 23.5 Å². The summed E-state index contributed by atoms with van der Waals surface area (Å²) in [4.78, 5) is 55.0. The maximum absolute atomic E-state index is 13.8. The first-order chi connectivity index (χ1) is 20.7. The fourth-order valence-corrected chi connectivity index (χ4v) is 5.86. The summed E-state index contributed by atoms with van der Waals surface area (Å²) in [6.45, 7) is 6.31. The molecule has 1 saturated carbocycles. The van der Waals surface area contributed by atoms with E-state index in [-0.39, 0.29) is 24.7 Å². The van der Waals surface area contributed by atoms with Gasteiger partial charge in [0.05, 0.1) is 39.5 Å². The molecule has 1 aromatic carbocycles. The summed E-state index contributed by atoms with van der Waals surface area (Å²) in [6, 6.07) is 4.74. The highest BCUT2D eigenvalue weighted by atomic mass is 16.6. The van der Waals surface area contributed by atoms with Crippen LogP contribution in [0.3, 0.4) is 0 Å². The lowest BCUT2D eigenvalue weighted by atomic mass is 9.84. The van der Waals surface area contributed by atoms with Gasteiger partial charge in [-0.15, -0.1) is 0 Å². The van der Waals surface area contributed by atoms with Crippen LogP contribution in [0.2, 0.25) is 0 Å². The molecule has 2 heterocycles. The molecule has 43 heavy (non-hydrogen) atoms. The van der Waals surface area contributed by atoms with Gasteiger partial charge in [0, 0.05) is 19.5 Å². The number of amides is 3. The largest absolute Gasteiger partial charge is 0.497 e. The van der Waals surface area contributed by atoms with Crippen LogP contribution in [0.15, 0.2) is 24.3 Å². The van der Waals surface area contributed by atoms with E-state index in [1.54, 1.807) is 33.1 Å². The number of carbonyl (C=O) groups is 4. The molecule has 1 aliphatic carbocycles. The first-order valence-electron chi connectivity index (χ1n) is 15.7. The van der Waals surface area contributed by atoms with Crippen LogP contribution >= 0.6 is 0 Å². The fraction of sp³-hybridized carbons (Fsp3) is 0.688. The van der Waals surface area contributed by atoms with Crippen LogP contribution in [-0.4, -0.2) is 98.7 Å². The van der Waals surface area contributed by atoms with Gasteiger partial charge < -0.3 is 30.2 Å². The second kappa shape index (κ2) is 15.6. The summed E-state index contributed by atoms with van der Waals surface area (Å²) in [6.07, 6.45) is 7.54. The molecule has 0 spiro atoms. The van der Waals surface area contributed by atoms with Gasteiger partial charge in [-0.3, -0.25) is 24.1 Å². The Kier molecular flexibility index (Phi) is 12.0. The van der Waals surface area contributed by atoms with E-state index in [1.165, 1.54) is 19.3 Å². The number of hydrogen-bond acceptors (Lipinski definition) is 8. The number of epoxide rings is 1. The van der Waals surface area contributed by atoms with Gasteiger partial charge in [-0.2, -0.15) is 0 Å². The Bertz CT molecular complexity index is 1100. The second-order valence-corrected chi connectivity index (χ2v) is 12.3. The van der Waals surface area contributed by atoms with Crippen molar-refractivity contribution in [3.63, 3.8) is 0 Å². The van der Waals surface area contributed by atoms with Crippen LogP contribution in [0.1, 0.15) is 64.4 Å². The van der Waals surface area contributed by atoms with Crippen molar-refractivity contribution in [2.45, 2.75) is 88.9 Å². The summed E-state index contributed by atoms with van der Waals surface area (Å²) < 4.78 is 16.0. The zero-order valence-corrected chi connectivity index (χ0v) is 25.8. The van der Waals surface area contributed by atoms with E-state index < -0.39 is 35.5 Å². The summed E-state index contributed by atoms with van der Waals surface area (Å²) in [7, 11) is 1.58. The zero-order chi connectivity index (χ0) is 30.8. The minimum atomic E-state index is -0.961. The molecular weight excluding hydrogens is 552 g/mol. The number of Topliss-reactive ketones (excluding diaryl/α,β-unsaturated/α-hetero) is 1. The predicted octanol–water partition coefficient (Wildman–Crippen LogP) is 1.76. The van der Waals surface area contributed by atoms with Gasteiger partial charge in [0.2, 0.25) is 17.7 Å². The number of rotatable bonds is 15. The molecule has 1 aromatic rings. The van der Waals surface area contributed by atoms with Crippen molar-refractivity contribution in [3.8, 4) is 5.75 Å². The van der Waals surface area contributed by atoms with Crippen molar-refractivity contribution in [2.75, 3.05) is 46.6 Å². The molecule has 3 N–H and O–H groups in total. The molecule has 238 valence electrons. The highest BCUT2D eigenvalue weighted by Gasteiger charge is 2.50. The quantitative estimate of drug-likeness (QED) is 0.259. The Morgan fingerprint density at radius 1 is 0.977 bits per heavy atom. The number of benzene rings is 1. The molecule has 11 nitrogen and oxygen atoms in total. The lowest BCUT2D eigenvalue weighted by Crippen LogP contribution is -2.57. The molecule has 0 radical (unpaired) electrons. The maximum Gasteiger partial charge on any atom is 0.243 e. The highest BCUT2D eigenvalue weighted by molar-refractivity contribution is 5.98. The van der Waals surface area contributed by atoms with Crippen LogP contribution in [0.25, 0.3) is 0 Å². The Labute approximate surface area is 254 Å². The number of ether oxygens (including phenoxy) is 3. The average molecular weight is 601 g/mol. The van der Waals surface area contributed by atoms with Crippen molar-refractivity contribution in [1.82, 2.24) is 20.9 Å². The van der Waals surface area contributed by atoms with Gasteiger partial charge in [0.15, 0.2) is 5.78 Å². The van der Waals surface area contributed by atoms with E-state index in [0.29, 0.717) is 51.0 Å². The molecule has 3 amide bonds. The van der Waals surface area contributed by atoms with Crippen LogP contribution < -0.4 is 20.7 Å². The summed E-state index contributed by atoms with van der Waals surface area (Å²) in [5.74, 6) is -0.0995. The van der Waals surface area contributed by atoms with Gasteiger partial charge >= 0.3 is 0 Å². The maximum atomic E-state index is 13.8. The molecule has 2 saturated heterocycles. The van der Waals surface area contributed by atoms with Crippen LogP contribution in [0, 0.1) is 5.92 Å². The Morgan fingerprint density at radius 2 is 1.63 bits per heavy atom. The van der Waals surface area contributed by atoms with E-state index in [2.05, 4.69) is 16.0 Å². The monoisotopic (exact) mass is 600 g/mol. The number of hydrogen-bond donors (Lipinski definition) is 3. The predicted molar refractivity (Wildman–Crippen MR) is 161 cm³/mol. The smallest absolute Gasteiger partial charge is 0.243 e. The van der Waals surface area contributed by atoms with Crippen molar-refractivity contribution in [3.05, 3.63) is 29.8 Å². The topological polar surface area (TPSA) is 139 Å². The third-order valence-electron chi connectivity index (χ3n) is 8.79. The third-order valence-corrected chi connectivity index (χ3v) is 8.79. The van der Waals surface area contributed by atoms with Crippen LogP contribution in [-0.2, 0) is 35.1 Å². The standard InChI is InChI=1S/C32H48N4O7/c1-22(33-28(37)20-36-15-17-42-18-16-36)30(39)35-27(19-24-9-12-25(41-3)13-10-24)31(40)34-26(29(38)32(2)21-43-32)14-11-23-7-5-4-6-8-23/h9-10,12-13,22-23,26-27H,4-8,11,14-21H2,1-3H3,(H,33,37)(H,34,40)(H,35,39). The van der Waals surface area contributed by atoms with Gasteiger partial charge in [-0.25, -0.2) is 0 Å². The molecule has 0 aromatic heterocycles. The van der Waals surface area contributed by atoms with Crippen molar-refractivity contribution in [2.24, 2.45) is 5.92 Å². The Morgan fingerprint density at radius 3 is 2.26 bits per heavy atom. The molecule has 4 atom stereocenters. The molecule has 3 fully saturated rings. The molecule has 11 heteroatoms. The molecule has 4 rings (SSSR count). The number of methoxy groups -OCH3 is 1. The second-order valence-electron chi connectivity index (χ2n) is 12.3. The first-order valence-corrected chi connectivity index (χ1v) is 15.7. The molecule has 4 unspecified atom stereocenters. The molecule has 3 aliphatic rings. The summed E-state index contributed by atoms with van der Waals surface area (Å²) >= 11 is 0. The zero-order valence-electron chi connectivity index (χ0n) is 25.8. The Hall–Kier alpha value is -3.02. The summed E-state index contributed by atoms with van der Waals surface area (Å²) in [5, 5.41) is 8.55. The van der Waals surface area contributed by atoms with Gasteiger partial charge in [-0.1, -0.05) is 44.2 Å². The number of nitrogens with one attached hydrogen (secondary N) is 3. The SMILES string of the molecule is COc1ccc(CC(NC(=O)C(C)NC(=O)CN2CCOCC2)C(=O)NC(CCC2CCCCC2)C(=O)C2(C)CO2)cc1. The highest BCUT2D eigenvalue weighted by Crippen LogP contribution is 2.32. The normalized spacial score (nSPS) is 23.0. The number of ketones is 1. The van der Waals surface area contributed by atoms with Crippen molar-refractivity contribution < 1.29 is 33.4 Å². The van der Waals surface area contributed by atoms with Gasteiger partial charge in [-0.05, 0) is 50.3 Å². The van der Waals surface area contributed by atoms with E-state index in [1.807, 2.05) is 17.0 Å². The molecule has 0 bridgehead atoms. The average Bonchev–Trinajstić information content (AvgIpc) is 3.77. The first kappa shape index (κ1) is 32.9. The Balaban J connectivity index is 1.42. The van der Waals surface area contributed by atoms with E-state index in [0.717, 1.165) is 24.8 Å². The molecule has 2 aliphatic heterocycles.